The molecule has 7 nitrogen and oxygen atoms in total. The van der Waals surface area contributed by atoms with Gasteiger partial charge in [-0.05, 0) is 29.6 Å². The summed E-state index contributed by atoms with van der Waals surface area (Å²) in [5.74, 6) is 0.0105. The van der Waals surface area contributed by atoms with Crippen LogP contribution in [0.3, 0.4) is 0 Å². The van der Waals surface area contributed by atoms with E-state index in [2.05, 4.69) is 25.9 Å². The molecule has 0 fully saturated rings. The van der Waals surface area contributed by atoms with Crippen molar-refractivity contribution in [3.05, 3.63) is 70.7 Å². The molecule has 3 aromatic rings. The molecule has 0 unspecified atom stereocenters. The van der Waals surface area contributed by atoms with Crippen molar-refractivity contribution < 1.29 is 9.59 Å². The molecule has 0 saturated carbocycles. The third-order valence-corrected chi connectivity index (χ3v) is 4.29. The Morgan fingerprint density at radius 1 is 0.923 bits per heavy atom. The molecular weight excluding hydrogens is 350 g/mol. The summed E-state index contributed by atoms with van der Waals surface area (Å²) in [6.07, 6.45) is 3.28. The van der Waals surface area contributed by atoms with Gasteiger partial charge in [0, 0.05) is 25.5 Å². The highest BCUT2D eigenvalue weighted by Crippen LogP contribution is 2.17. The van der Waals surface area contributed by atoms with E-state index in [0.717, 1.165) is 0 Å². The number of hydrogen-bond donors (Lipinski definition) is 3. The van der Waals surface area contributed by atoms with Gasteiger partial charge in [0.15, 0.2) is 0 Å². The van der Waals surface area contributed by atoms with E-state index in [1.165, 1.54) is 11.3 Å². The van der Waals surface area contributed by atoms with Crippen LogP contribution in [0.15, 0.2) is 60.2 Å². The molecule has 0 saturated heterocycles. The molecule has 3 rings (SSSR count). The third-order valence-electron chi connectivity index (χ3n) is 3.42. The van der Waals surface area contributed by atoms with Crippen LogP contribution in [0.25, 0.3) is 0 Å². The Kier molecular flexibility index (Phi) is 5.89. The molecule has 3 N–H and O–H groups in total. The molecule has 0 bridgehead atoms. The summed E-state index contributed by atoms with van der Waals surface area (Å²) in [5.41, 5.74) is 0.885. The molecule has 2 aromatic heterocycles. The Morgan fingerprint density at radius 2 is 1.73 bits per heavy atom. The van der Waals surface area contributed by atoms with Gasteiger partial charge >= 0.3 is 0 Å². The maximum absolute atomic E-state index is 12.4. The number of hydrogen-bond acceptors (Lipinski definition) is 6. The molecule has 1 aromatic carbocycles. The summed E-state index contributed by atoms with van der Waals surface area (Å²) in [4.78, 5) is 33.3. The summed E-state index contributed by atoms with van der Waals surface area (Å²) in [6.45, 7) is 0.879. The minimum absolute atomic E-state index is 0.233. The monoisotopic (exact) mass is 367 g/mol. The van der Waals surface area contributed by atoms with Gasteiger partial charge in [-0.25, -0.2) is 9.97 Å². The Balaban J connectivity index is 1.56. The van der Waals surface area contributed by atoms with Crippen LogP contribution in [0.1, 0.15) is 20.0 Å². The number of nitrogens with zero attached hydrogens (tertiary/aromatic N) is 2. The zero-order valence-electron chi connectivity index (χ0n) is 13.8. The standard InChI is InChI=1S/C18H17N5O2S/c24-16(19-10-11-22-18-20-8-4-9-21-18)13-5-1-2-6-14(13)23-17(25)15-7-3-12-26-15/h1-9,12H,10-11H2,(H,19,24)(H,23,25)(H,20,21,22). The number of nitrogens with one attached hydrogen (secondary N) is 3. The second kappa shape index (κ2) is 8.72. The van der Waals surface area contributed by atoms with Crippen molar-refractivity contribution in [1.82, 2.24) is 15.3 Å². The largest absolute Gasteiger partial charge is 0.352 e. The number of para-hydroxylation sites is 1. The van der Waals surface area contributed by atoms with E-state index >= 15 is 0 Å². The molecule has 0 atom stereocenters. The van der Waals surface area contributed by atoms with Crippen molar-refractivity contribution in [2.24, 2.45) is 0 Å². The van der Waals surface area contributed by atoms with E-state index in [0.29, 0.717) is 35.2 Å². The van der Waals surface area contributed by atoms with E-state index < -0.39 is 0 Å². The number of carbonyl (C=O) groups excluding carboxylic acids is 2. The van der Waals surface area contributed by atoms with Crippen LogP contribution in [-0.2, 0) is 0 Å². The molecule has 132 valence electrons. The first-order valence-electron chi connectivity index (χ1n) is 7.97. The maximum atomic E-state index is 12.4. The van der Waals surface area contributed by atoms with Crippen molar-refractivity contribution >= 4 is 34.8 Å². The Labute approximate surface area is 154 Å². The second-order valence-electron chi connectivity index (χ2n) is 5.23. The number of carbonyl (C=O) groups is 2. The van der Waals surface area contributed by atoms with Gasteiger partial charge < -0.3 is 16.0 Å². The van der Waals surface area contributed by atoms with Gasteiger partial charge in [0.05, 0.1) is 16.1 Å². The topological polar surface area (TPSA) is 96.0 Å². The lowest BCUT2D eigenvalue weighted by Gasteiger charge is -2.11. The normalized spacial score (nSPS) is 10.2. The molecule has 8 heteroatoms. The quantitative estimate of drug-likeness (QED) is 0.558. The van der Waals surface area contributed by atoms with Gasteiger partial charge in [-0.1, -0.05) is 18.2 Å². The summed E-state index contributed by atoms with van der Waals surface area (Å²) in [5, 5.41) is 10.4. The number of thiophene rings is 1. The molecule has 0 aliphatic rings. The third kappa shape index (κ3) is 4.64. The molecule has 0 radical (unpaired) electrons. The van der Waals surface area contributed by atoms with Crippen molar-refractivity contribution in [1.29, 1.82) is 0 Å². The van der Waals surface area contributed by atoms with Gasteiger partial charge in [-0.15, -0.1) is 11.3 Å². The van der Waals surface area contributed by atoms with E-state index in [-0.39, 0.29) is 11.8 Å². The minimum atomic E-state index is -0.261. The molecular formula is C18H17N5O2S. The van der Waals surface area contributed by atoms with Crippen LogP contribution in [0.4, 0.5) is 11.6 Å². The number of amides is 2. The zero-order valence-corrected chi connectivity index (χ0v) is 14.6. The Morgan fingerprint density at radius 3 is 2.50 bits per heavy atom. The SMILES string of the molecule is O=C(Nc1ccccc1C(=O)NCCNc1ncccn1)c1cccs1. The molecule has 2 amide bonds. The summed E-state index contributed by atoms with van der Waals surface area (Å²) in [7, 11) is 0. The highest BCUT2D eigenvalue weighted by Gasteiger charge is 2.14. The fraction of sp³-hybridized carbons (Fsp3) is 0.111. The van der Waals surface area contributed by atoms with Gasteiger partial charge in [0.1, 0.15) is 0 Å². The van der Waals surface area contributed by atoms with E-state index in [9.17, 15) is 9.59 Å². The first kappa shape index (κ1) is 17.6. The summed E-state index contributed by atoms with van der Waals surface area (Å²) < 4.78 is 0. The lowest BCUT2D eigenvalue weighted by molar-refractivity contribution is 0.0956. The Bertz CT molecular complexity index is 868. The number of anilines is 2. The molecule has 26 heavy (non-hydrogen) atoms. The van der Waals surface area contributed by atoms with E-state index in [4.69, 9.17) is 0 Å². The number of aromatic nitrogens is 2. The molecule has 0 spiro atoms. The van der Waals surface area contributed by atoms with Crippen LogP contribution in [-0.4, -0.2) is 34.9 Å². The zero-order chi connectivity index (χ0) is 18.2. The predicted molar refractivity (Wildman–Crippen MR) is 102 cm³/mol. The number of benzene rings is 1. The second-order valence-corrected chi connectivity index (χ2v) is 6.18. The van der Waals surface area contributed by atoms with Crippen molar-refractivity contribution in [3.63, 3.8) is 0 Å². The highest BCUT2D eigenvalue weighted by molar-refractivity contribution is 7.12. The van der Waals surface area contributed by atoms with Crippen LogP contribution in [0.2, 0.25) is 0 Å². The van der Waals surface area contributed by atoms with Crippen molar-refractivity contribution in [2.75, 3.05) is 23.7 Å². The molecule has 2 heterocycles. The van der Waals surface area contributed by atoms with Crippen molar-refractivity contribution in [2.45, 2.75) is 0 Å². The number of rotatable bonds is 7. The van der Waals surface area contributed by atoms with E-state index in [1.807, 2.05) is 11.4 Å². The lowest BCUT2D eigenvalue weighted by atomic mass is 10.1. The first-order chi connectivity index (χ1) is 12.7. The summed E-state index contributed by atoms with van der Waals surface area (Å²) >= 11 is 1.35. The first-order valence-corrected chi connectivity index (χ1v) is 8.85. The average molecular weight is 367 g/mol. The van der Waals surface area contributed by atoms with Gasteiger partial charge in [-0.3, -0.25) is 9.59 Å². The van der Waals surface area contributed by atoms with Crippen LogP contribution >= 0.6 is 11.3 Å². The van der Waals surface area contributed by atoms with Crippen LogP contribution in [0.5, 0.6) is 0 Å². The van der Waals surface area contributed by atoms with Crippen LogP contribution in [0, 0.1) is 0 Å². The van der Waals surface area contributed by atoms with Crippen LogP contribution < -0.4 is 16.0 Å². The van der Waals surface area contributed by atoms with Gasteiger partial charge in [-0.2, -0.15) is 0 Å². The maximum Gasteiger partial charge on any atom is 0.265 e. The lowest BCUT2D eigenvalue weighted by Crippen LogP contribution is -2.30. The highest BCUT2D eigenvalue weighted by atomic mass is 32.1. The fourth-order valence-corrected chi connectivity index (χ4v) is 2.84. The fourth-order valence-electron chi connectivity index (χ4n) is 2.22. The van der Waals surface area contributed by atoms with E-state index in [1.54, 1.807) is 48.8 Å². The van der Waals surface area contributed by atoms with Gasteiger partial charge in [0.2, 0.25) is 5.95 Å². The van der Waals surface area contributed by atoms with Gasteiger partial charge in [0.25, 0.3) is 11.8 Å². The average Bonchev–Trinajstić information content (AvgIpc) is 3.21. The molecule has 0 aliphatic carbocycles. The summed E-state index contributed by atoms with van der Waals surface area (Å²) in [6, 6.07) is 12.2. The smallest absolute Gasteiger partial charge is 0.265 e. The predicted octanol–water partition coefficient (Wildman–Crippen LogP) is 2.63. The molecule has 0 aliphatic heterocycles. The minimum Gasteiger partial charge on any atom is -0.352 e. The Hall–Kier alpha value is -3.26. The van der Waals surface area contributed by atoms with Crippen molar-refractivity contribution in [3.8, 4) is 0 Å².